The zero-order chi connectivity index (χ0) is 25.0. The van der Waals surface area contributed by atoms with Crippen molar-refractivity contribution in [2.24, 2.45) is 0 Å². The monoisotopic (exact) mass is 481 g/mol. The quantitative estimate of drug-likeness (QED) is 0.255. The van der Waals surface area contributed by atoms with Crippen LogP contribution in [0.15, 0.2) is 85.0 Å². The van der Waals surface area contributed by atoms with Crippen molar-refractivity contribution in [1.29, 1.82) is 0 Å². The lowest BCUT2D eigenvalue weighted by atomic mass is 9.88. The fraction of sp³-hybridized carbons (Fsp3) is 0.179. The maximum Gasteiger partial charge on any atom is 0.416 e. The molecule has 1 aliphatic rings. The molecule has 0 spiro atoms. The number of hydrogen-bond donors (Lipinski definition) is 2. The number of allylic oxidation sites excluding steroid dienone is 2. The molecule has 2 N–H and O–H groups in total. The van der Waals surface area contributed by atoms with E-state index in [1.807, 2.05) is 12.1 Å². The van der Waals surface area contributed by atoms with Gasteiger partial charge in [-0.2, -0.15) is 13.2 Å². The average Bonchev–Trinajstić information content (AvgIpc) is 2.83. The van der Waals surface area contributed by atoms with Gasteiger partial charge in [-0.15, -0.1) is 0 Å². The summed E-state index contributed by atoms with van der Waals surface area (Å²) in [7, 11) is 0. The maximum absolute atomic E-state index is 13.4. The average molecular weight is 481 g/mol. The number of anilines is 1. The molecule has 1 amide bonds. The molecular formula is C28H23F4NO2. The molecule has 3 nitrogen and oxygen atoms in total. The number of amides is 1. The van der Waals surface area contributed by atoms with E-state index in [-0.39, 0.29) is 5.91 Å². The molecule has 0 bridgehead atoms. The topological polar surface area (TPSA) is 49.3 Å². The van der Waals surface area contributed by atoms with E-state index in [4.69, 9.17) is 0 Å². The SMILES string of the molecule is O=C(/C=C/C=C(\c1ccc(F)cc1)c1ccc(C(F)(F)F)cc1)Nc1cccc2c1CC(O)CC2. The van der Waals surface area contributed by atoms with Gasteiger partial charge in [0.2, 0.25) is 5.91 Å². The van der Waals surface area contributed by atoms with E-state index in [9.17, 15) is 27.5 Å². The Morgan fingerprint density at radius 3 is 2.29 bits per heavy atom. The lowest BCUT2D eigenvalue weighted by molar-refractivity contribution is -0.137. The first-order chi connectivity index (χ1) is 16.7. The van der Waals surface area contributed by atoms with Gasteiger partial charge < -0.3 is 10.4 Å². The number of halogens is 4. The Labute approximate surface area is 200 Å². The Bertz CT molecular complexity index is 1260. The zero-order valence-corrected chi connectivity index (χ0v) is 18.6. The Kier molecular flexibility index (Phi) is 7.17. The number of hydrogen-bond acceptors (Lipinski definition) is 2. The summed E-state index contributed by atoms with van der Waals surface area (Å²) < 4.78 is 52.3. The highest BCUT2D eigenvalue weighted by Gasteiger charge is 2.30. The zero-order valence-electron chi connectivity index (χ0n) is 18.6. The third-order valence-corrected chi connectivity index (χ3v) is 5.91. The molecule has 4 rings (SSSR count). The molecule has 0 saturated heterocycles. The van der Waals surface area contributed by atoms with Gasteiger partial charge in [0.25, 0.3) is 0 Å². The van der Waals surface area contributed by atoms with Gasteiger partial charge in [0.05, 0.1) is 11.7 Å². The van der Waals surface area contributed by atoms with E-state index < -0.39 is 23.7 Å². The van der Waals surface area contributed by atoms with Gasteiger partial charge in [-0.1, -0.05) is 48.6 Å². The molecule has 0 aliphatic heterocycles. The van der Waals surface area contributed by atoms with Crippen molar-refractivity contribution in [3.05, 3.63) is 119 Å². The summed E-state index contributed by atoms with van der Waals surface area (Å²) in [5, 5.41) is 12.8. The second kappa shape index (κ2) is 10.3. The molecule has 0 fully saturated rings. The lowest BCUT2D eigenvalue weighted by Gasteiger charge is -2.23. The predicted molar refractivity (Wildman–Crippen MR) is 127 cm³/mol. The largest absolute Gasteiger partial charge is 0.416 e. The normalized spacial score (nSPS) is 16.3. The number of aliphatic hydroxyl groups excluding tert-OH is 1. The minimum atomic E-state index is -4.46. The van der Waals surface area contributed by atoms with E-state index in [2.05, 4.69) is 5.32 Å². The number of nitrogens with one attached hydrogen (secondary N) is 1. The number of benzene rings is 3. The Hall–Kier alpha value is -3.71. The summed E-state index contributed by atoms with van der Waals surface area (Å²) in [6.07, 6.45) is 1.40. The lowest BCUT2D eigenvalue weighted by Crippen LogP contribution is -2.21. The van der Waals surface area contributed by atoms with E-state index >= 15 is 0 Å². The van der Waals surface area contributed by atoms with Gasteiger partial charge in [0.1, 0.15) is 5.82 Å². The molecule has 1 atom stereocenters. The van der Waals surface area contributed by atoms with Crippen molar-refractivity contribution < 1.29 is 27.5 Å². The van der Waals surface area contributed by atoms with Gasteiger partial charge in [0, 0.05) is 18.2 Å². The first-order valence-corrected chi connectivity index (χ1v) is 11.1. The molecule has 0 aromatic heterocycles. The van der Waals surface area contributed by atoms with Gasteiger partial charge >= 0.3 is 6.18 Å². The van der Waals surface area contributed by atoms with Crippen molar-refractivity contribution in [1.82, 2.24) is 0 Å². The molecule has 0 radical (unpaired) electrons. The number of carbonyl (C=O) groups excluding carboxylic acids is 1. The summed E-state index contributed by atoms with van der Waals surface area (Å²) in [5.74, 6) is -0.827. The van der Waals surface area contributed by atoms with E-state index in [1.165, 1.54) is 48.6 Å². The third kappa shape index (κ3) is 6.05. The van der Waals surface area contributed by atoms with Crippen LogP contribution in [-0.4, -0.2) is 17.1 Å². The van der Waals surface area contributed by atoms with Gasteiger partial charge in [0.15, 0.2) is 0 Å². The van der Waals surface area contributed by atoms with Gasteiger partial charge in [-0.3, -0.25) is 4.79 Å². The van der Waals surface area contributed by atoms with Crippen LogP contribution in [0, 0.1) is 5.82 Å². The van der Waals surface area contributed by atoms with Crippen LogP contribution in [0.25, 0.3) is 5.57 Å². The highest BCUT2D eigenvalue weighted by molar-refractivity contribution is 6.00. The first-order valence-electron chi connectivity index (χ1n) is 11.1. The molecule has 0 heterocycles. The summed E-state index contributed by atoms with van der Waals surface area (Å²) in [6.45, 7) is 0. The highest BCUT2D eigenvalue weighted by Crippen LogP contribution is 2.32. The highest BCUT2D eigenvalue weighted by atomic mass is 19.4. The Morgan fingerprint density at radius 2 is 1.63 bits per heavy atom. The smallest absolute Gasteiger partial charge is 0.393 e. The van der Waals surface area contributed by atoms with Crippen molar-refractivity contribution in [3.63, 3.8) is 0 Å². The molecule has 180 valence electrons. The minimum absolute atomic E-state index is 0.388. The number of carbonyl (C=O) groups is 1. The summed E-state index contributed by atoms with van der Waals surface area (Å²) in [4.78, 5) is 12.6. The molecule has 7 heteroatoms. The second-order valence-corrected chi connectivity index (χ2v) is 8.35. The number of alkyl halides is 3. The Morgan fingerprint density at radius 1 is 0.971 bits per heavy atom. The molecule has 0 saturated carbocycles. The molecule has 35 heavy (non-hydrogen) atoms. The summed E-state index contributed by atoms with van der Waals surface area (Å²) in [5.41, 5.74) is 3.48. The summed E-state index contributed by atoms with van der Waals surface area (Å²) >= 11 is 0. The van der Waals surface area contributed by atoms with Crippen LogP contribution in [0.1, 0.15) is 34.2 Å². The van der Waals surface area contributed by atoms with Crippen LogP contribution in [0.3, 0.4) is 0 Å². The molecule has 1 aliphatic carbocycles. The minimum Gasteiger partial charge on any atom is -0.393 e. The van der Waals surface area contributed by atoms with Crippen molar-refractivity contribution in [3.8, 4) is 0 Å². The fourth-order valence-corrected chi connectivity index (χ4v) is 4.12. The van der Waals surface area contributed by atoms with Gasteiger partial charge in [-0.05, 0) is 71.0 Å². The fourth-order valence-electron chi connectivity index (χ4n) is 4.12. The van der Waals surface area contributed by atoms with E-state index in [0.29, 0.717) is 35.2 Å². The van der Waals surface area contributed by atoms with Crippen LogP contribution in [0.5, 0.6) is 0 Å². The van der Waals surface area contributed by atoms with Crippen molar-refractivity contribution >= 4 is 17.2 Å². The van der Waals surface area contributed by atoms with Crippen LogP contribution in [0.4, 0.5) is 23.2 Å². The van der Waals surface area contributed by atoms with Crippen LogP contribution < -0.4 is 5.32 Å². The Balaban J connectivity index is 1.58. The summed E-state index contributed by atoms with van der Waals surface area (Å²) in [6, 6.07) is 15.8. The van der Waals surface area contributed by atoms with Crippen LogP contribution >= 0.6 is 0 Å². The molecule has 3 aromatic rings. The van der Waals surface area contributed by atoms with E-state index in [1.54, 1.807) is 12.1 Å². The van der Waals surface area contributed by atoms with Crippen LogP contribution in [-0.2, 0) is 23.8 Å². The maximum atomic E-state index is 13.4. The van der Waals surface area contributed by atoms with E-state index in [0.717, 1.165) is 29.7 Å². The van der Waals surface area contributed by atoms with Crippen LogP contribution in [0.2, 0.25) is 0 Å². The number of aryl methyl sites for hydroxylation is 1. The number of rotatable bonds is 5. The number of aliphatic hydroxyl groups is 1. The van der Waals surface area contributed by atoms with Crippen molar-refractivity contribution in [2.75, 3.05) is 5.32 Å². The second-order valence-electron chi connectivity index (χ2n) is 8.35. The van der Waals surface area contributed by atoms with Crippen molar-refractivity contribution in [2.45, 2.75) is 31.5 Å². The number of fused-ring (bicyclic) bond motifs is 1. The predicted octanol–water partition coefficient (Wildman–Crippen LogP) is 6.32. The molecule has 3 aromatic carbocycles. The standard InChI is InChI=1S/C28H23F4NO2/c29-22-14-9-20(10-15-22)24(19-7-12-21(13-8-19)28(30,31)32)4-2-6-27(35)33-26-5-1-3-18-11-16-23(34)17-25(18)26/h1-10,12-15,23,34H,11,16-17H2,(H,33,35)/b6-2+,24-4-. The van der Waals surface area contributed by atoms with Gasteiger partial charge in [-0.25, -0.2) is 4.39 Å². The molecule has 1 unspecified atom stereocenters. The molecular weight excluding hydrogens is 458 g/mol. The first kappa shape index (κ1) is 24.4. The third-order valence-electron chi connectivity index (χ3n) is 5.91.